The summed E-state index contributed by atoms with van der Waals surface area (Å²) in [6.07, 6.45) is 3.88. The maximum absolute atomic E-state index is 11.7. The molecule has 1 fully saturated rings. The molecule has 0 radical (unpaired) electrons. The Kier molecular flexibility index (Phi) is 5.05. The first-order valence-corrected chi connectivity index (χ1v) is 6.53. The number of rotatable bonds is 3. The SMILES string of the molecule is O=C(NNC(=S)NC[C@@H]1CCCO1)c1ccccn1. The summed E-state index contributed by atoms with van der Waals surface area (Å²) in [7, 11) is 0. The third kappa shape index (κ3) is 4.46. The molecule has 0 aliphatic carbocycles. The van der Waals surface area contributed by atoms with Crippen LogP contribution in [-0.4, -0.2) is 35.3 Å². The minimum atomic E-state index is -0.332. The van der Waals surface area contributed by atoms with Crippen LogP contribution in [0.3, 0.4) is 0 Å². The van der Waals surface area contributed by atoms with E-state index >= 15 is 0 Å². The highest BCUT2D eigenvalue weighted by atomic mass is 32.1. The summed E-state index contributed by atoms with van der Waals surface area (Å²) in [4.78, 5) is 15.6. The van der Waals surface area contributed by atoms with Crippen LogP contribution in [0.1, 0.15) is 23.3 Å². The summed E-state index contributed by atoms with van der Waals surface area (Å²) in [5.74, 6) is -0.332. The number of nitrogens with zero attached hydrogens (tertiary/aromatic N) is 1. The molecule has 1 atom stereocenters. The van der Waals surface area contributed by atoms with Gasteiger partial charge in [-0.2, -0.15) is 0 Å². The molecule has 3 N–H and O–H groups in total. The molecule has 1 aromatic rings. The van der Waals surface area contributed by atoms with Crippen molar-refractivity contribution in [3.8, 4) is 0 Å². The summed E-state index contributed by atoms with van der Waals surface area (Å²) in [5, 5.41) is 3.35. The Bertz CT molecular complexity index is 435. The fourth-order valence-electron chi connectivity index (χ4n) is 1.73. The number of ether oxygens (including phenoxy) is 1. The molecule has 1 aromatic heterocycles. The number of thiocarbonyl (C=S) groups is 1. The van der Waals surface area contributed by atoms with Gasteiger partial charge in [0.05, 0.1) is 6.10 Å². The predicted octanol–water partition coefficient (Wildman–Crippen LogP) is 0.369. The number of hydrogen-bond donors (Lipinski definition) is 3. The van der Waals surface area contributed by atoms with E-state index < -0.39 is 0 Å². The Labute approximate surface area is 116 Å². The van der Waals surface area contributed by atoms with Gasteiger partial charge in [-0.15, -0.1) is 0 Å². The van der Waals surface area contributed by atoms with Gasteiger partial charge in [-0.05, 0) is 37.2 Å². The monoisotopic (exact) mass is 280 g/mol. The molecule has 0 saturated carbocycles. The lowest BCUT2D eigenvalue weighted by atomic mass is 10.2. The molecule has 102 valence electrons. The van der Waals surface area contributed by atoms with E-state index in [1.54, 1.807) is 24.4 Å². The van der Waals surface area contributed by atoms with E-state index in [1.165, 1.54) is 0 Å². The van der Waals surface area contributed by atoms with E-state index in [0.29, 0.717) is 17.4 Å². The lowest BCUT2D eigenvalue weighted by Gasteiger charge is -2.14. The number of carbonyl (C=O) groups excluding carboxylic acids is 1. The van der Waals surface area contributed by atoms with Gasteiger partial charge in [0.2, 0.25) is 0 Å². The van der Waals surface area contributed by atoms with Crippen molar-refractivity contribution < 1.29 is 9.53 Å². The van der Waals surface area contributed by atoms with Crippen LogP contribution in [0.2, 0.25) is 0 Å². The Morgan fingerprint density at radius 1 is 1.47 bits per heavy atom. The molecule has 7 heteroatoms. The number of pyridine rings is 1. The zero-order valence-corrected chi connectivity index (χ0v) is 11.2. The lowest BCUT2D eigenvalue weighted by Crippen LogP contribution is -2.48. The fraction of sp³-hybridized carbons (Fsp3) is 0.417. The van der Waals surface area contributed by atoms with Gasteiger partial charge in [-0.3, -0.25) is 20.6 Å². The van der Waals surface area contributed by atoms with Crippen molar-refractivity contribution in [2.45, 2.75) is 18.9 Å². The van der Waals surface area contributed by atoms with Crippen LogP contribution in [0.5, 0.6) is 0 Å². The third-order valence-corrected chi connectivity index (χ3v) is 2.95. The maximum atomic E-state index is 11.7. The van der Waals surface area contributed by atoms with Gasteiger partial charge in [-0.1, -0.05) is 6.07 Å². The highest BCUT2D eigenvalue weighted by molar-refractivity contribution is 7.80. The first-order valence-electron chi connectivity index (χ1n) is 6.12. The van der Waals surface area contributed by atoms with E-state index in [1.807, 2.05) is 0 Å². The van der Waals surface area contributed by atoms with Crippen LogP contribution < -0.4 is 16.2 Å². The Morgan fingerprint density at radius 3 is 3.05 bits per heavy atom. The fourth-order valence-corrected chi connectivity index (χ4v) is 1.87. The van der Waals surface area contributed by atoms with E-state index in [-0.39, 0.29) is 12.0 Å². The smallest absolute Gasteiger partial charge is 0.288 e. The minimum absolute atomic E-state index is 0.200. The van der Waals surface area contributed by atoms with Gasteiger partial charge in [-0.25, -0.2) is 0 Å². The number of carbonyl (C=O) groups is 1. The number of nitrogens with one attached hydrogen (secondary N) is 3. The van der Waals surface area contributed by atoms with Crippen LogP contribution in [0.25, 0.3) is 0 Å². The van der Waals surface area contributed by atoms with Gasteiger partial charge in [0.1, 0.15) is 5.69 Å². The second-order valence-electron chi connectivity index (χ2n) is 4.14. The summed E-state index contributed by atoms with van der Waals surface area (Å²) in [5.41, 5.74) is 5.44. The standard InChI is InChI=1S/C12H16N4O2S/c17-11(10-5-1-2-6-13-10)15-16-12(19)14-8-9-4-3-7-18-9/h1-2,5-6,9H,3-4,7-8H2,(H,15,17)(H2,14,16,19)/t9-/m0/s1. The van der Waals surface area contributed by atoms with Crippen molar-refractivity contribution in [1.29, 1.82) is 0 Å². The molecular formula is C12H16N4O2S. The number of amides is 1. The first-order chi connectivity index (χ1) is 9.25. The Hall–Kier alpha value is -1.73. The van der Waals surface area contributed by atoms with Crippen LogP contribution in [-0.2, 0) is 4.74 Å². The molecule has 1 aliphatic heterocycles. The molecule has 19 heavy (non-hydrogen) atoms. The average Bonchev–Trinajstić information content (AvgIpc) is 2.96. The molecule has 0 spiro atoms. The zero-order valence-electron chi connectivity index (χ0n) is 10.4. The van der Waals surface area contributed by atoms with Crippen LogP contribution in [0, 0.1) is 0 Å². The van der Waals surface area contributed by atoms with Crippen molar-refractivity contribution in [2.24, 2.45) is 0 Å². The highest BCUT2D eigenvalue weighted by Gasteiger charge is 2.15. The summed E-state index contributed by atoms with van der Waals surface area (Å²) < 4.78 is 5.45. The molecule has 2 heterocycles. The molecule has 2 rings (SSSR count). The van der Waals surface area contributed by atoms with Gasteiger partial charge in [0.25, 0.3) is 5.91 Å². The maximum Gasteiger partial charge on any atom is 0.288 e. The van der Waals surface area contributed by atoms with Crippen molar-refractivity contribution in [2.75, 3.05) is 13.2 Å². The molecule has 0 aromatic carbocycles. The summed E-state index contributed by atoms with van der Waals surface area (Å²) in [6.45, 7) is 1.45. The normalized spacial score (nSPS) is 17.8. The van der Waals surface area contributed by atoms with E-state index in [2.05, 4.69) is 21.2 Å². The molecule has 0 unspecified atom stereocenters. The van der Waals surface area contributed by atoms with E-state index in [9.17, 15) is 4.79 Å². The van der Waals surface area contributed by atoms with Crippen molar-refractivity contribution in [3.05, 3.63) is 30.1 Å². The largest absolute Gasteiger partial charge is 0.376 e. The van der Waals surface area contributed by atoms with Gasteiger partial charge in [0, 0.05) is 19.3 Å². The van der Waals surface area contributed by atoms with Gasteiger partial charge in [0.15, 0.2) is 5.11 Å². The molecule has 1 aliphatic rings. The summed E-state index contributed by atoms with van der Waals surface area (Å²) in [6, 6.07) is 5.12. The Balaban J connectivity index is 1.67. The Morgan fingerprint density at radius 2 is 2.37 bits per heavy atom. The molecule has 1 amide bonds. The molecule has 6 nitrogen and oxygen atoms in total. The van der Waals surface area contributed by atoms with E-state index in [4.69, 9.17) is 17.0 Å². The van der Waals surface area contributed by atoms with Crippen LogP contribution in [0.4, 0.5) is 0 Å². The third-order valence-electron chi connectivity index (χ3n) is 2.70. The quantitative estimate of drug-likeness (QED) is 0.549. The zero-order chi connectivity index (χ0) is 13.5. The van der Waals surface area contributed by atoms with Gasteiger partial charge < -0.3 is 10.1 Å². The van der Waals surface area contributed by atoms with Crippen molar-refractivity contribution in [3.63, 3.8) is 0 Å². The van der Waals surface area contributed by atoms with Gasteiger partial charge >= 0.3 is 0 Å². The topological polar surface area (TPSA) is 75.3 Å². The van der Waals surface area contributed by atoms with Crippen molar-refractivity contribution >= 4 is 23.2 Å². The number of hydrazine groups is 1. The second kappa shape index (κ2) is 7.01. The minimum Gasteiger partial charge on any atom is -0.376 e. The van der Waals surface area contributed by atoms with E-state index in [0.717, 1.165) is 19.4 Å². The lowest BCUT2D eigenvalue weighted by molar-refractivity contribution is 0.0938. The van der Waals surface area contributed by atoms with Crippen molar-refractivity contribution in [1.82, 2.24) is 21.2 Å². The molecular weight excluding hydrogens is 264 g/mol. The highest BCUT2D eigenvalue weighted by Crippen LogP contribution is 2.10. The number of hydrogen-bond acceptors (Lipinski definition) is 4. The number of aromatic nitrogens is 1. The van der Waals surface area contributed by atoms with Crippen LogP contribution >= 0.6 is 12.2 Å². The average molecular weight is 280 g/mol. The molecule has 1 saturated heterocycles. The summed E-state index contributed by atoms with van der Waals surface area (Å²) >= 11 is 5.04. The molecule has 0 bridgehead atoms. The first kappa shape index (κ1) is 13.7. The second-order valence-corrected chi connectivity index (χ2v) is 4.55. The van der Waals surface area contributed by atoms with Crippen LogP contribution in [0.15, 0.2) is 24.4 Å². The predicted molar refractivity (Wildman–Crippen MR) is 74.4 cm³/mol.